The maximum absolute atomic E-state index is 13.1. The summed E-state index contributed by atoms with van der Waals surface area (Å²) in [6, 6.07) is 2.82. The molecule has 6 nitrogen and oxygen atoms in total. The molecule has 120 valence electrons. The van der Waals surface area contributed by atoms with Gasteiger partial charge in [-0.2, -0.15) is 4.31 Å². The number of nitrogens with zero attached hydrogens (tertiary/aromatic N) is 1. The predicted molar refractivity (Wildman–Crippen MR) is 77.9 cm³/mol. The second-order valence-corrected chi connectivity index (χ2v) is 6.45. The van der Waals surface area contributed by atoms with Crippen LogP contribution in [0.4, 0.5) is 10.1 Å². The van der Waals surface area contributed by atoms with E-state index in [1.807, 2.05) is 0 Å². The van der Waals surface area contributed by atoms with Gasteiger partial charge in [-0.25, -0.2) is 12.8 Å². The van der Waals surface area contributed by atoms with Gasteiger partial charge in [-0.3, -0.25) is 0 Å². The molecule has 1 unspecified atom stereocenters. The molecule has 0 saturated carbocycles. The minimum atomic E-state index is -3.86. The summed E-state index contributed by atoms with van der Waals surface area (Å²) in [7, 11) is -0.886. The molecule has 0 amide bonds. The third-order valence-electron chi connectivity index (χ3n) is 2.97. The maximum atomic E-state index is 13.1. The summed E-state index contributed by atoms with van der Waals surface area (Å²) in [6.45, 7) is 2.33. The smallest absolute Gasteiger partial charge is 0.245 e. The number of ether oxygens (including phenoxy) is 2. The molecule has 0 radical (unpaired) electrons. The molecule has 1 aromatic rings. The van der Waals surface area contributed by atoms with Gasteiger partial charge in [0.25, 0.3) is 0 Å². The highest BCUT2D eigenvalue weighted by molar-refractivity contribution is 7.89. The van der Waals surface area contributed by atoms with E-state index in [4.69, 9.17) is 15.2 Å². The van der Waals surface area contributed by atoms with Gasteiger partial charge in [-0.05, 0) is 25.1 Å². The third-order valence-corrected chi connectivity index (χ3v) is 5.06. The first-order valence-electron chi connectivity index (χ1n) is 6.39. The number of sulfonamides is 1. The minimum absolute atomic E-state index is 0.122. The van der Waals surface area contributed by atoms with Crippen LogP contribution < -0.4 is 5.73 Å². The Morgan fingerprint density at radius 3 is 2.52 bits per heavy atom. The van der Waals surface area contributed by atoms with Gasteiger partial charge in [-0.1, -0.05) is 0 Å². The maximum Gasteiger partial charge on any atom is 0.245 e. The first-order valence-corrected chi connectivity index (χ1v) is 7.83. The van der Waals surface area contributed by atoms with Crippen molar-refractivity contribution in [1.29, 1.82) is 0 Å². The van der Waals surface area contributed by atoms with Gasteiger partial charge in [0, 0.05) is 26.8 Å². The topological polar surface area (TPSA) is 81.9 Å². The van der Waals surface area contributed by atoms with Gasteiger partial charge in [0.2, 0.25) is 10.0 Å². The molecule has 8 heteroatoms. The zero-order valence-corrected chi connectivity index (χ0v) is 13.2. The molecule has 1 atom stereocenters. The first kappa shape index (κ1) is 17.8. The molecule has 1 rings (SSSR count). The van der Waals surface area contributed by atoms with Gasteiger partial charge in [0.1, 0.15) is 10.7 Å². The fraction of sp³-hybridized carbons (Fsp3) is 0.538. The van der Waals surface area contributed by atoms with Gasteiger partial charge in [0.05, 0.1) is 18.9 Å². The minimum Gasteiger partial charge on any atom is -0.398 e. The fourth-order valence-electron chi connectivity index (χ4n) is 1.96. The fourth-order valence-corrected chi connectivity index (χ4v) is 3.66. The third kappa shape index (κ3) is 4.37. The molecule has 21 heavy (non-hydrogen) atoms. The molecule has 0 aliphatic rings. The predicted octanol–water partition coefficient (Wildman–Crippen LogP) is 1.08. The number of methoxy groups -OCH3 is 2. The van der Waals surface area contributed by atoms with Crippen molar-refractivity contribution in [2.45, 2.75) is 17.9 Å². The molecule has 0 saturated heterocycles. The van der Waals surface area contributed by atoms with Crippen LogP contribution in [0.2, 0.25) is 0 Å². The average molecular weight is 320 g/mol. The lowest BCUT2D eigenvalue weighted by molar-refractivity contribution is 0.119. The zero-order chi connectivity index (χ0) is 16.0. The molecule has 0 fully saturated rings. The molecule has 0 bridgehead atoms. The van der Waals surface area contributed by atoms with Crippen LogP contribution in [0.3, 0.4) is 0 Å². The van der Waals surface area contributed by atoms with Crippen molar-refractivity contribution < 1.29 is 22.3 Å². The van der Waals surface area contributed by atoms with Crippen LogP contribution >= 0.6 is 0 Å². The van der Waals surface area contributed by atoms with Crippen molar-refractivity contribution in [3.05, 3.63) is 24.0 Å². The number of nitrogen functional groups attached to an aromatic ring is 1. The summed E-state index contributed by atoms with van der Waals surface area (Å²) in [5.41, 5.74) is 5.52. The van der Waals surface area contributed by atoms with E-state index in [2.05, 4.69) is 0 Å². The summed E-state index contributed by atoms with van der Waals surface area (Å²) >= 11 is 0. The monoisotopic (exact) mass is 320 g/mol. The average Bonchev–Trinajstić information content (AvgIpc) is 2.38. The van der Waals surface area contributed by atoms with Crippen LogP contribution in [-0.4, -0.2) is 52.7 Å². The largest absolute Gasteiger partial charge is 0.398 e. The first-order chi connectivity index (χ1) is 9.84. The van der Waals surface area contributed by atoms with E-state index in [9.17, 15) is 12.8 Å². The Balaban J connectivity index is 3.19. The molecular weight excluding hydrogens is 299 g/mol. The summed E-state index contributed by atoms with van der Waals surface area (Å²) in [4.78, 5) is -0.122. The van der Waals surface area contributed by atoms with Crippen LogP contribution in [-0.2, 0) is 19.5 Å². The number of rotatable bonds is 8. The number of nitrogens with two attached hydrogens (primary N) is 1. The molecule has 1 aromatic carbocycles. The lowest BCUT2D eigenvalue weighted by atomic mass is 10.3. The van der Waals surface area contributed by atoms with Crippen LogP contribution in [0, 0.1) is 5.82 Å². The highest BCUT2D eigenvalue weighted by Gasteiger charge is 2.30. The van der Waals surface area contributed by atoms with Gasteiger partial charge in [0.15, 0.2) is 0 Å². The van der Waals surface area contributed by atoms with Gasteiger partial charge >= 0.3 is 0 Å². The summed E-state index contributed by atoms with van der Waals surface area (Å²) < 4.78 is 49.7. The van der Waals surface area contributed by atoms with E-state index in [0.717, 1.165) is 12.1 Å². The van der Waals surface area contributed by atoms with Crippen LogP contribution in [0.5, 0.6) is 0 Å². The second kappa shape index (κ2) is 7.69. The van der Waals surface area contributed by atoms with Gasteiger partial charge in [-0.15, -0.1) is 0 Å². The lowest BCUT2D eigenvalue weighted by Gasteiger charge is -2.28. The van der Waals surface area contributed by atoms with Crippen molar-refractivity contribution in [2.24, 2.45) is 0 Å². The van der Waals surface area contributed by atoms with E-state index in [-0.39, 0.29) is 30.3 Å². The van der Waals surface area contributed by atoms with E-state index in [1.165, 1.54) is 24.6 Å². The molecule has 0 spiro atoms. The lowest BCUT2D eigenvalue weighted by Crippen LogP contribution is -2.43. The Kier molecular flexibility index (Phi) is 6.53. The number of halogens is 1. The summed E-state index contributed by atoms with van der Waals surface area (Å²) in [5, 5.41) is 0. The summed E-state index contributed by atoms with van der Waals surface area (Å²) in [5.74, 6) is -0.583. The van der Waals surface area contributed by atoms with Crippen LogP contribution in [0.25, 0.3) is 0 Å². The highest BCUT2D eigenvalue weighted by atomic mass is 32.2. The van der Waals surface area contributed by atoms with Crippen molar-refractivity contribution in [2.75, 3.05) is 39.7 Å². The van der Waals surface area contributed by atoms with Gasteiger partial charge < -0.3 is 15.2 Å². The Hall–Kier alpha value is -1.22. The SMILES string of the molecule is COCCN(C(C)COC)S(=O)(=O)c1ccc(F)cc1N. The standard InChI is InChI=1S/C13H21FN2O4S/c1-10(9-20-3)16(6-7-19-2)21(17,18)13-5-4-11(14)8-12(13)15/h4-5,8,10H,6-7,9,15H2,1-3H3. The number of hydrogen-bond acceptors (Lipinski definition) is 5. The Labute approximate surface area is 124 Å². The molecule has 0 heterocycles. The van der Waals surface area contributed by atoms with Crippen LogP contribution in [0.15, 0.2) is 23.1 Å². The van der Waals surface area contributed by atoms with E-state index in [0.29, 0.717) is 0 Å². The molecular formula is C13H21FN2O4S. The number of benzene rings is 1. The van der Waals surface area contributed by atoms with E-state index in [1.54, 1.807) is 6.92 Å². The number of anilines is 1. The van der Waals surface area contributed by atoms with Crippen molar-refractivity contribution in [1.82, 2.24) is 4.31 Å². The quantitative estimate of drug-likeness (QED) is 0.725. The number of hydrogen-bond donors (Lipinski definition) is 1. The molecule has 0 aliphatic carbocycles. The molecule has 0 aliphatic heterocycles. The zero-order valence-electron chi connectivity index (χ0n) is 12.4. The Bertz CT molecular complexity index is 565. The van der Waals surface area contributed by atoms with Crippen molar-refractivity contribution in [3.63, 3.8) is 0 Å². The molecule has 0 aromatic heterocycles. The highest BCUT2D eigenvalue weighted by Crippen LogP contribution is 2.24. The Morgan fingerprint density at radius 2 is 2.00 bits per heavy atom. The Morgan fingerprint density at radius 1 is 1.33 bits per heavy atom. The van der Waals surface area contributed by atoms with E-state index >= 15 is 0 Å². The summed E-state index contributed by atoms with van der Waals surface area (Å²) in [6.07, 6.45) is 0. The van der Waals surface area contributed by atoms with Crippen molar-refractivity contribution in [3.8, 4) is 0 Å². The molecule has 2 N–H and O–H groups in total. The van der Waals surface area contributed by atoms with Crippen molar-refractivity contribution >= 4 is 15.7 Å². The second-order valence-electron chi connectivity index (χ2n) is 4.60. The van der Waals surface area contributed by atoms with Crippen LogP contribution in [0.1, 0.15) is 6.92 Å². The normalized spacial score (nSPS) is 13.6. The van der Waals surface area contributed by atoms with E-state index < -0.39 is 21.9 Å².